The molecule has 1 fully saturated rings. The van der Waals surface area contributed by atoms with Crippen LogP contribution in [0.15, 0.2) is 0 Å². The fourth-order valence-electron chi connectivity index (χ4n) is 2.33. The lowest BCUT2D eigenvalue weighted by molar-refractivity contribution is 0.138. The Kier molecular flexibility index (Phi) is 5.37. The SMILES string of the molecule is COCCC1(CNS(=O)(=O)N(C)C)CCCC1. The highest BCUT2D eigenvalue weighted by atomic mass is 32.2. The Labute approximate surface area is 105 Å². The lowest BCUT2D eigenvalue weighted by atomic mass is 9.83. The summed E-state index contributed by atoms with van der Waals surface area (Å²) < 4.78 is 32.4. The number of methoxy groups -OCH3 is 1. The molecule has 0 bridgehead atoms. The molecule has 1 saturated carbocycles. The van der Waals surface area contributed by atoms with Crippen LogP contribution in [-0.4, -0.2) is 47.1 Å². The number of ether oxygens (including phenoxy) is 1. The first-order valence-electron chi connectivity index (χ1n) is 6.08. The lowest BCUT2D eigenvalue weighted by Gasteiger charge is -2.29. The Bertz CT molecular complexity index is 322. The minimum Gasteiger partial charge on any atom is -0.385 e. The average Bonchev–Trinajstić information content (AvgIpc) is 2.73. The van der Waals surface area contributed by atoms with E-state index in [1.807, 2.05) is 0 Å². The van der Waals surface area contributed by atoms with Gasteiger partial charge in [-0.2, -0.15) is 12.7 Å². The van der Waals surface area contributed by atoms with Gasteiger partial charge < -0.3 is 4.74 Å². The van der Waals surface area contributed by atoms with E-state index in [0.29, 0.717) is 13.2 Å². The van der Waals surface area contributed by atoms with E-state index in [2.05, 4.69) is 4.72 Å². The summed E-state index contributed by atoms with van der Waals surface area (Å²) in [6.45, 7) is 1.22. The molecule has 6 heteroatoms. The summed E-state index contributed by atoms with van der Waals surface area (Å²) >= 11 is 0. The van der Waals surface area contributed by atoms with Crippen molar-refractivity contribution in [3.8, 4) is 0 Å². The maximum absolute atomic E-state index is 11.7. The summed E-state index contributed by atoms with van der Waals surface area (Å²) in [5.41, 5.74) is 0.0963. The van der Waals surface area contributed by atoms with Crippen molar-refractivity contribution in [2.24, 2.45) is 5.41 Å². The molecule has 0 aliphatic heterocycles. The summed E-state index contributed by atoms with van der Waals surface area (Å²) in [7, 11) is 1.46. The first-order chi connectivity index (χ1) is 7.92. The van der Waals surface area contributed by atoms with Crippen molar-refractivity contribution in [1.29, 1.82) is 0 Å². The number of nitrogens with zero attached hydrogens (tertiary/aromatic N) is 1. The molecule has 0 aromatic heterocycles. The normalized spacial score (nSPS) is 20.0. The molecule has 102 valence electrons. The molecule has 0 atom stereocenters. The van der Waals surface area contributed by atoms with Crippen LogP contribution in [0.2, 0.25) is 0 Å². The quantitative estimate of drug-likeness (QED) is 0.745. The van der Waals surface area contributed by atoms with Gasteiger partial charge >= 0.3 is 0 Å². The highest BCUT2D eigenvalue weighted by Gasteiger charge is 2.34. The van der Waals surface area contributed by atoms with Crippen molar-refractivity contribution in [1.82, 2.24) is 9.03 Å². The molecule has 1 aliphatic rings. The van der Waals surface area contributed by atoms with Crippen LogP contribution in [0.1, 0.15) is 32.1 Å². The van der Waals surface area contributed by atoms with Gasteiger partial charge in [0.1, 0.15) is 0 Å². The zero-order valence-electron chi connectivity index (χ0n) is 11.0. The van der Waals surface area contributed by atoms with E-state index in [-0.39, 0.29) is 5.41 Å². The summed E-state index contributed by atoms with van der Waals surface area (Å²) in [5.74, 6) is 0. The van der Waals surface area contributed by atoms with Crippen molar-refractivity contribution in [2.45, 2.75) is 32.1 Å². The predicted molar refractivity (Wildman–Crippen MR) is 68.0 cm³/mol. The van der Waals surface area contributed by atoms with E-state index in [9.17, 15) is 8.42 Å². The van der Waals surface area contributed by atoms with Crippen LogP contribution in [0.25, 0.3) is 0 Å². The topological polar surface area (TPSA) is 58.6 Å². The maximum atomic E-state index is 11.7. The monoisotopic (exact) mass is 264 g/mol. The van der Waals surface area contributed by atoms with Gasteiger partial charge in [0.05, 0.1) is 0 Å². The molecular weight excluding hydrogens is 240 g/mol. The third-order valence-corrected chi connectivity index (χ3v) is 5.08. The maximum Gasteiger partial charge on any atom is 0.278 e. The molecule has 17 heavy (non-hydrogen) atoms. The third-order valence-electron chi connectivity index (χ3n) is 3.61. The molecule has 0 aromatic carbocycles. The number of hydrogen-bond acceptors (Lipinski definition) is 3. The van der Waals surface area contributed by atoms with Crippen molar-refractivity contribution in [3.05, 3.63) is 0 Å². The van der Waals surface area contributed by atoms with E-state index in [1.165, 1.54) is 17.1 Å². The van der Waals surface area contributed by atoms with Crippen LogP contribution >= 0.6 is 0 Å². The van der Waals surface area contributed by atoms with Gasteiger partial charge in [-0.25, -0.2) is 4.72 Å². The zero-order valence-corrected chi connectivity index (χ0v) is 11.8. The fraction of sp³-hybridized carbons (Fsp3) is 1.00. The smallest absolute Gasteiger partial charge is 0.278 e. The second-order valence-electron chi connectivity index (χ2n) is 5.06. The molecule has 1 N–H and O–H groups in total. The Morgan fingerprint density at radius 3 is 2.35 bits per heavy atom. The Hall–Kier alpha value is -0.170. The minimum absolute atomic E-state index is 0.0963. The first-order valence-corrected chi connectivity index (χ1v) is 7.52. The molecule has 1 aliphatic carbocycles. The zero-order chi connectivity index (χ0) is 12.9. The highest BCUT2D eigenvalue weighted by molar-refractivity contribution is 7.87. The Morgan fingerprint density at radius 1 is 1.29 bits per heavy atom. The molecule has 0 spiro atoms. The highest BCUT2D eigenvalue weighted by Crippen LogP contribution is 2.40. The summed E-state index contributed by atoms with van der Waals surface area (Å²) in [4.78, 5) is 0. The fourth-order valence-corrected chi connectivity index (χ4v) is 3.08. The van der Waals surface area contributed by atoms with Crippen LogP contribution in [0.3, 0.4) is 0 Å². The van der Waals surface area contributed by atoms with Gasteiger partial charge in [0.25, 0.3) is 10.2 Å². The van der Waals surface area contributed by atoms with Crippen LogP contribution < -0.4 is 4.72 Å². The lowest BCUT2D eigenvalue weighted by Crippen LogP contribution is -2.42. The van der Waals surface area contributed by atoms with Gasteiger partial charge in [-0.05, 0) is 24.7 Å². The molecule has 5 nitrogen and oxygen atoms in total. The molecule has 0 saturated heterocycles. The van der Waals surface area contributed by atoms with Crippen molar-refractivity contribution >= 4 is 10.2 Å². The van der Waals surface area contributed by atoms with E-state index in [4.69, 9.17) is 4.74 Å². The summed E-state index contributed by atoms with van der Waals surface area (Å²) in [6.07, 6.45) is 5.48. The summed E-state index contributed by atoms with van der Waals surface area (Å²) in [6, 6.07) is 0. The van der Waals surface area contributed by atoms with Gasteiger partial charge in [0.2, 0.25) is 0 Å². The van der Waals surface area contributed by atoms with E-state index < -0.39 is 10.2 Å². The number of rotatable bonds is 7. The van der Waals surface area contributed by atoms with Gasteiger partial charge in [-0.1, -0.05) is 12.8 Å². The third kappa shape index (κ3) is 4.21. The second-order valence-corrected chi connectivity index (χ2v) is 7.03. The molecule has 0 aromatic rings. The molecule has 0 unspecified atom stereocenters. The van der Waals surface area contributed by atoms with Crippen LogP contribution in [0.5, 0.6) is 0 Å². The van der Waals surface area contributed by atoms with Crippen molar-refractivity contribution < 1.29 is 13.2 Å². The largest absolute Gasteiger partial charge is 0.385 e. The van der Waals surface area contributed by atoms with E-state index >= 15 is 0 Å². The van der Waals surface area contributed by atoms with Gasteiger partial charge in [0, 0.05) is 34.4 Å². The van der Waals surface area contributed by atoms with Gasteiger partial charge in [0.15, 0.2) is 0 Å². The van der Waals surface area contributed by atoms with Crippen LogP contribution in [0.4, 0.5) is 0 Å². The molecule has 1 rings (SSSR count). The number of nitrogens with one attached hydrogen (secondary N) is 1. The van der Waals surface area contributed by atoms with Crippen LogP contribution in [-0.2, 0) is 14.9 Å². The first kappa shape index (κ1) is 14.9. The molecule has 0 heterocycles. The van der Waals surface area contributed by atoms with Crippen LogP contribution in [0, 0.1) is 5.41 Å². The number of hydrogen-bond donors (Lipinski definition) is 1. The summed E-state index contributed by atoms with van der Waals surface area (Å²) in [5, 5.41) is 0. The molecular formula is C11H24N2O3S. The second kappa shape index (κ2) is 6.13. The minimum atomic E-state index is -3.31. The Balaban J connectivity index is 2.56. The average molecular weight is 264 g/mol. The van der Waals surface area contributed by atoms with Crippen molar-refractivity contribution in [3.63, 3.8) is 0 Å². The Morgan fingerprint density at radius 2 is 1.88 bits per heavy atom. The van der Waals surface area contributed by atoms with E-state index in [1.54, 1.807) is 21.2 Å². The van der Waals surface area contributed by atoms with Crippen molar-refractivity contribution in [2.75, 3.05) is 34.4 Å². The molecule has 0 amide bonds. The standard InChI is InChI=1S/C11H24N2O3S/c1-13(2)17(14,15)12-10-11(8-9-16-3)6-4-5-7-11/h12H,4-10H2,1-3H3. The van der Waals surface area contributed by atoms with E-state index in [0.717, 1.165) is 19.3 Å². The molecule has 0 radical (unpaired) electrons. The predicted octanol–water partition coefficient (Wildman–Crippen LogP) is 0.979. The van der Waals surface area contributed by atoms with Gasteiger partial charge in [-0.3, -0.25) is 0 Å². The van der Waals surface area contributed by atoms with Gasteiger partial charge in [-0.15, -0.1) is 0 Å².